The average Bonchev–Trinajstić information content (AvgIpc) is 3.46. The lowest BCUT2D eigenvalue weighted by Crippen LogP contribution is -2.49. The van der Waals surface area contributed by atoms with Gasteiger partial charge in [0.05, 0.1) is 10.8 Å². The van der Waals surface area contributed by atoms with Crippen molar-refractivity contribution in [1.29, 1.82) is 0 Å². The Morgan fingerprint density at radius 3 is 2.48 bits per heavy atom. The summed E-state index contributed by atoms with van der Waals surface area (Å²) in [7, 11) is 0. The van der Waals surface area contributed by atoms with E-state index in [1.54, 1.807) is 11.3 Å². The first-order chi connectivity index (χ1) is 15.0. The second-order valence-corrected chi connectivity index (χ2v) is 10.3. The summed E-state index contributed by atoms with van der Waals surface area (Å²) in [5.74, 6) is 0.311. The molecule has 0 radical (unpaired) electrons. The summed E-state index contributed by atoms with van der Waals surface area (Å²) in [5, 5.41) is 10.2. The fourth-order valence-electron chi connectivity index (χ4n) is 4.32. The van der Waals surface area contributed by atoms with Gasteiger partial charge in [0.2, 0.25) is 0 Å². The molecule has 160 valence electrons. The van der Waals surface area contributed by atoms with Crippen molar-refractivity contribution in [3.8, 4) is 21.0 Å². The molecule has 0 atom stereocenters. The Morgan fingerprint density at radius 1 is 1.13 bits per heavy atom. The van der Waals surface area contributed by atoms with E-state index in [4.69, 9.17) is 10.1 Å². The van der Waals surface area contributed by atoms with E-state index in [0.717, 1.165) is 11.6 Å². The summed E-state index contributed by atoms with van der Waals surface area (Å²) in [4.78, 5) is 19.3. The summed E-state index contributed by atoms with van der Waals surface area (Å²) in [6, 6.07) is 15.6. The molecule has 1 saturated carbocycles. The first-order valence-corrected chi connectivity index (χ1v) is 11.9. The molecule has 2 aliphatic rings. The zero-order valence-electron chi connectivity index (χ0n) is 18.0. The maximum atomic E-state index is 11.1. The van der Waals surface area contributed by atoms with Crippen LogP contribution in [-0.2, 0) is 11.3 Å². The molecule has 31 heavy (non-hydrogen) atoms. The van der Waals surface area contributed by atoms with Gasteiger partial charge in [0.25, 0.3) is 0 Å². The molecule has 1 aromatic heterocycles. The number of aliphatic carboxylic acids is 1. The van der Waals surface area contributed by atoms with Crippen molar-refractivity contribution in [2.24, 2.45) is 5.92 Å². The molecule has 2 heterocycles. The lowest BCUT2D eigenvalue weighted by Gasteiger charge is -2.37. The highest BCUT2D eigenvalue weighted by Crippen LogP contribution is 2.44. The van der Waals surface area contributed by atoms with Gasteiger partial charge in [-0.25, -0.2) is 4.98 Å². The number of hydrogen-bond donors (Lipinski definition) is 1. The van der Waals surface area contributed by atoms with E-state index in [9.17, 15) is 4.79 Å². The van der Waals surface area contributed by atoms with Crippen LogP contribution < -0.4 is 0 Å². The normalized spacial score (nSPS) is 17.1. The predicted octanol–water partition coefficient (Wildman–Crippen LogP) is 5.99. The van der Waals surface area contributed by atoms with Crippen molar-refractivity contribution in [3.63, 3.8) is 0 Å². The van der Waals surface area contributed by atoms with Crippen molar-refractivity contribution in [2.45, 2.75) is 45.1 Å². The first kappa shape index (κ1) is 20.4. The molecule has 5 heteroatoms. The topological polar surface area (TPSA) is 53.4 Å². The Hall–Kier alpha value is -2.50. The average molecular weight is 433 g/mol. The number of hydrogen-bond acceptors (Lipinski definition) is 4. The second kappa shape index (κ2) is 8.21. The molecule has 2 aromatic carbocycles. The number of likely N-dealkylation sites (tertiary alicyclic amines) is 1. The maximum absolute atomic E-state index is 11.1. The fraction of sp³-hybridized carbons (Fsp3) is 0.385. The van der Waals surface area contributed by atoms with Gasteiger partial charge in [-0.2, -0.15) is 0 Å². The zero-order valence-corrected chi connectivity index (χ0v) is 18.9. The number of nitrogens with zero attached hydrogens (tertiary/aromatic N) is 2. The van der Waals surface area contributed by atoms with Gasteiger partial charge >= 0.3 is 5.97 Å². The standard InChI is InChI=1S/C26H28N2O2S/c1-16(2)17-3-7-19(8-4-17)24-12-27-25(31-24)20-9-10-21(23(11-20)18-5-6-18)13-28-14-22(15-28)26(29)30/h3-4,7-12,16,18,22H,5-6,13-15H2,1-2H3,(H,29,30). The lowest BCUT2D eigenvalue weighted by atomic mass is 9.96. The quantitative estimate of drug-likeness (QED) is 0.498. The Balaban J connectivity index is 1.35. The fourth-order valence-corrected chi connectivity index (χ4v) is 5.23. The second-order valence-electron chi connectivity index (χ2n) is 9.22. The van der Waals surface area contributed by atoms with Crippen LogP contribution in [0, 0.1) is 5.92 Å². The molecule has 1 aliphatic heterocycles. The molecule has 1 aliphatic carbocycles. The van der Waals surface area contributed by atoms with Gasteiger partial charge in [-0.1, -0.05) is 50.2 Å². The van der Waals surface area contributed by atoms with Crippen LogP contribution in [-0.4, -0.2) is 34.0 Å². The van der Waals surface area contributed by atoms with Crippen molar-refractivity contribution in [1.82, 2.24) is 9.88 Å². The molecule has 0 unspecified atom stereocenters. The van der Waals surface area contributed by atoms with Gasteiger partial charge in [0.1, 0.15) is 5.01 Å². The lowest BCUT2D eigenvalue weighted by molar-refractivity contribution is -0.147. The van der Waals surface area contributed by atoms with E-state index in [1.807, 2.05) is 6.20 Å². The van der Waals surface area contributed by atoms with Crippen LogP contribution in [0.1, 0.15) is 55.2 Å². The SMILES string of the molecule is CC(C)c1ccc(-c2cnc(-c3ccc(CN4CC(C(=O)O)C4)c(C4CC4)c3)s2)cc1. The van der Waals surface area contributed by atoms with Gasteiger partial charge in [-0.3, -0.25) is 9.69 Å². The van der Waals surface area contributed by atoms with Crippen molar-refractivity contribution in [3.05, 3.63) is 65.4 Å². The van der Waals surface area contributed by atoms with Crippen LogP contribution in [0.3, 0.4) is 0 Å². The van der Waals surface area contributed by atoms with E-state index in [2.05, 4.69) is 61.2 Å². The minimum absolute atomic E-state index is 0.202. The number of aromatic nitrogens is 1. The maximum Gasteiger partial charge on any atom is 0.309 e. The summed E-state index contributed by atoms with van der Waals surface area (Å²) in [5.41, 5.74) is 6.53. The largest absolute Gasteiger partial charge is 0.481 e. The minimum atomic E-state index is -0.674. The molecular weight excluding hydrogens is 404 g/mol. The summed E-state index contributed by atoms with van der Waals surface area (Å²) < 4.78 is 0. The van der Waals surface area contributed by atoms with E-state index >= 15 is 0 Å². The van der Waals surface area contributed by atoms with Crippen molar-refractivity contribution >= 4 is 17.3 Å². The van der Waals surface area contributed by atoms with Crippen LogP contribution in [0.5, 0.6) is 0 Å². The molecule has 4 nitrogen and oxygen atoms in total. The third-order valence-electron chi connectivity index (χ3n) is 6.48. The van der Waals surface area contributed by atoms with Gasteiger partial charge in [-0.15, -0.1) is 11.3 Å². The van der Waals surface area contributed by atoms with Crippen LogP contribution in [0.15, 0.2) is 48.7 Å². The van der Waals surface area contributed by atoms with Gasteiger partial charge < -0.3 is 5.11 Å². The molecule has 2 fully saturated rings. The third kappa shape index (κ3) is 4.30. The van der Waals surface area contributed by atoms with Gasteiger partial charge in [0.15, 0.2) is 0 Å². The smallest absolute Gasteiger partial charge is 0.309 e. The zero-order chi connectivity index (χ0) is 21.5. The summed E-state index contributed by atoms with van der Waals surface area (Å²) in [6.45, 7) is 6.60. The molecule has 1 saturated heterocycles. The number of carbonyl (C=O) groups is 1. The highest BCUT2D eigenvalue weighted by Gasteiger charge is 2.34. The van der Waals surface area contributed by atoms with Crippen LogP contribution >= 0.6 is 11.3 Å². The summed E-state index contributed by atoms with van der Waals surface area (Å²) in [6.07, 6.45) is 4.49. The predicted molar refractivity (Wildman–Crippen MR) is 125 cm³/mol. The third-order valence-corrected chi connectivity index (χ3v) is 7.57. The van der Waals surface area contributed by atoms with Crippen LogP contribution in [0.2, 0.25) is 0 Å². The number of benzene rings is 2. The van der Waals surface area contributed by atoms with Gasteiger partial charge in [0, 0.05) is 31.4 Å². The highest BCUT2D eigenvalue weighted by molar-refractivity contribution is 7.18. The monoisotopic (exact) mass is 432 g/mol. The number of rotatable bonds is 7. The van der Waals surface area contributed by atoms with E-state index < -0.39 is 5.97 Å². The van der Waals surface area contributed by atoms with Gasteiger partial charge in [-0.05, 0) is 53.0 Å². The highest BCUT2D eigenvalue weighted by atomic mass is 32.1. The molecule has 1 N–H and O–H groups in total. The molecule has 0 spiro atoms. The van der Waals surface area contributed by atoms with Crippen LogP contribution in [0.25, 0.3) is 21.0 Å². The Morgan fingerprint density at radius 2 is 1.84 bits per heavy atom. The number of carboxylic acid groups (broad SMARTS) is 1. The number of carboxylic acids is 1. The molecule has 0 amide bonds. The molecular formula is C26H28N2O2S. The molecule has 5 rings (SSSR count). The Kier molecular flexibility index (Phi) is 5.40. The van der Waals surface area contributed by atoms with E-state index in [-0.39, 0.29) is 5.92 Å². The summed E-state index contributed by atoms with van der Waals surface area (Å²) >= 11 is 1.75. The molecule has 0 bridgehead atoms. The van der Waals surface area contributed by atoms with E-state index in [1.165, 1.54) is 45.5 Å². The first-order valence-electron chi connectivity index (χ1n) is 11.1. The molecule has 3 aromatic rings. The van der Waals surface area contributed by atoms with Crippen molar-refractivity contribution in [2.75, 3.05) is 13.1 Å². The minimum Gasteiger partial charge on any atom is -0.481 e. The van der Waals surface area contributed by atoms with Crippen molar-refractivity contribution < 1.29 is 9.90 Å². The van der Waals surface area contributed by atoms with Crippen LogP contribution in [0.4, 0.5) is 0 Å². The number of thiazole rings is 1. The Bertz CT molecular complexity index is 1090. The van der Waals surface area contributed by atoms with E-state index in [0.29, 0.717) is 24.9 Å². The Labute approximate surface area is 187 Å².